The topological polar surface area (TPSA) is 274 Å². The first-order valence-corrected chi connectivity index (χ1v) is 26.5. The summed E-state index contributed by atoms with van der Waals surface area (Å²) in [5, 5.41) is 52.2. The highest BCUT2D eigenvalue weighted by Crippen LogP contribution is 2.34. The number of fused-ring (bicyclic) bond motifs is 2. The number of hydrogen-bond donors (Lipinski definition) is 6. The number of likely N-dealkylation sites (tertiary alicyclic amines) is 3. The van der Waals surface area contributed by atoms with Gasteiger partial charge in [0.15, 0.2) is 0 Å². The van der Waals surface area contributed by atoms with E-state index in [1.54, 1.807) is 34.1 Å². The van der Waals surface area contributed by atoms with Crippen LogP contribution in [-0.2, 0) is 28.8 Å². The number of benzene rings is 1. The smallest absolute Gasteiger partial charge is 0.261 e. The number of rotatable bonds is 27. The van der Waals surface area contributed by atoms with Crippen LogP contribution >= 0.6 is 0 Å². The van der Waals surface area contributed by atoms with E-state index in [0.717, 1.165) is 35.6 Å². The van der Waals surface area contributed by atoms with Crippen molar-refractivity contribution in [2.24, 2.45) is 11.8 Å². The van der Waals surface area contributed by atoms with Crippen molar-refractivity contribution >= 4 is 47.3 Å². The molecular formula is C54H85N5O14. The van der Waals surface area contributed by atoms with Gasteiger partial charge in [-0.15, -0.1) is 0 Å². The van der Waals surface area contributed by atoms with Crippen molar-refractivity contribution in [3.05, 3.63) is 59.7 Å². The third-order valence-corrected chi connectivity index (χ3v) is 12.9. The molecule has 8 amide bonds. The number of nitrogens with zero attached hydrogens (tertiary/aromatic N) is 5. The van der Waals surface area contributed by atoms with Gasteiger partial charge in [0.25, 0.3) is 11.8 Å². The van der Waals surface area contributed by atoms with Gasteiger partial charge >= 0.3 is 0 Å². The quantitative estimate of drug-likeness (QED) is 0.0416. The molecule has 4 heterocycles. The summed E-state index contributed by atoms with van der Waals surface area (Å²) in [6.07, 6.45) is 28.9. The minimum atomic E-state index is -0.320. The molecule has 5 aliphatic rings. The van der Waals surface area contributed by atoms with Gasteiger partial charge in [-0.05, 0) is 63.5 Å². The first kappa shape index (κ1) is 63.9. The molecule has 3 saturated heterocycles. The van der Waals surface area contributed by atoms with E-state index in [4.69, 9.17) is 30.6 Å². The number of unbranched alkanes of at least 4 members (excludes halogenated alkanes) is 11. The number of aliphatic hydroxyl groups is 6. The fourth-order valence-electron chi connectivity index (χ4n) is 8.87. The molecule has 0 saturated carbocycles. The standard InChI is InChI=1S/C22H43NO3.C10H13NO3.C10H9NO3.C6H9NO3.C6H11NO2/c1-2-3-4-5-6-7-8-9-10-11-12-13-14-15-16-17-22(26)23(18-20-24)19-21-25;2*12-6-5-11-9(13)7-3-1-2-4-8(7)10(11)14;8-4-3-7-5(9)1-2-6(7)10;8-5-4-7-3-1-2-6(7)9/h9-10,24-25H,2-8,11-21H2,1H3;1-2,7-8,12H,3-6H2;1-4,12H,5-6H2;8H,1-4H2;8H,1-5H2/b10-9-;;;;. The molecular weight excluding hydrogens is 943 g/mol. The van der Waals surface area contributed by atoms with Crippen molar-refractivity contribution < 1.29 is 69.0 Å². The second kappa shape index (κ2) is 38.4. The Kier molecular flexibility index (Phi) is 33.6. The average Bonchev–Trinajstić information content (AvgIpc) is 4.10. The summed E-state index contributed by atoms with van der Waals surface area (Å²) in [5.41, 5.74) is 0.844. The zero-order valence-electron chi connectivity index (χ0n) is 43.3. The van der Waals surface area contributed by atoms with Gasteiger partial charge in [0.1, 0.15) is 0 Å². The Morgan fingerprint density at radius 2 is 1.00 bits per heavy atom. The molecule has 2 unspecified atom stereocenters. The van der Waals surface area contributed by atoms with Gasteiger partial charge in [-0.25, -0.2) is 0 Å². The molecule has 2 atom stereocenters. The van der Waals surface area contributed by atoms with E-state index in [2.05, 4.69) is 19.1 Å². The third kappa shape index (κ3) is 22.9. The van der Waals surface area contributed by atoms with E-state index in [1.807, 2.05) is 12.2 Å². The van der Waals surface area contributed by atoms with Crippen molar-refractivity contribution in [3.8, 4) is 0 Å². The van der Waals surface area contributed by atoms with Crippen LogP contribution < -0.4 is 0 Å². The maximum atomic E-state index is 12.0. The van der Waals surface area contributed by atoms with Crippen LogP contribution in [0.4, 0.5) is 0 Å². The maximum Gasteiger partial charge on any atom is 0.261 e. The van der Waals surface area contributed by atoms with Crippen LogP contribution in [0.5, 0.6) is 0 Å². The number of aliphatic hydroxyl groups excluding tert-OH is 6. The fraction of sp³-hybridized carbons (Fsp3) is 0.667. The third-order valence-electron chi connectivity index (χ3n) is 12.9. The van der Waals surface area contributed by atoms with Crippen LogP contribution in [0, 0.1) is 11.8 Å². The summed E-state index contributed by atoms with van der Waals surface area (Å²) < 4.78 is 0. The molecule has 0 radical (unpaired) electrons. The molecule has 1 aliphatic carbocycles. The average molecular weight is 1030 g/mol. The van der Waals surface area contributed by atoms with Gasteiger partial charge in [0.05, 0.1) is 82.2 Å². The Hall–Kier alpha value is -5.18. The molecule has 3 fully saturated rings. The minimum absolute atomic E-state index is 0.0435. The number of hydrogen-bond acceptors (Lipinski definition) is 14. The van der Waals surface area contributed by atoms with E-state index in [9.17, 15) is 38.4 Å². The summed E-state index contributed by atoms with van der Waals surface area (Å²) >= 11 is 0. The summed E-state index contributed by atoms with van der Waals surface area (Å²) in [6.45, 7) is 4.12. The highest BCUT2D eigenvalue weighted by Gasteiger charge is 2.46. The molecule has 4 aliphatic heterocycles. The Labute approximate surface area is 431 Å². The zero-order valence-corrected chi connectivity index (χ0v) is 43.3. The Balaban J connectivity index is 0.000000330. The molecule has 19 heteroatoms. The Morgan fingerprint density at radius 1 is 0.548 bits per heavy atom. The van der Waals surface area contributed by atoms with Gasteiger partial charge in [-0.3, -0.25) is 53.1 Å². The van der Waals surface area contributed by atoms with Crippen LogP contribution in [0.25, 0.3) is 0 Å². The van der Waals surface area contributed by atoms with E-state index in [-0.39, 0.29) is 118 Å². The highest BCUT2D eigenvalue weighted by molar-refractivity contribution is 6.21. The molecule has 1 aromatic carbocycles. The molecule has 19 nitrogen and oxygen atoms in total. The van der Waals surface area contributed by atoms with Crippen LogP contribution in [0.2, 0.25) is 0 Å². The van der Waals surface area contributed by atoms with Crippen LogP contribution in [0.3, 0.4) is 0 Å². The fourth-order valence-corrected chi connectivity index (χ4v) is 8.87. The van der Waals surface area contributed by atoms with Crippen molar-refractivity contribution in [1.82, 2.24) is 24.5 Å². The predicted octanol–water partition coefficient (Wildman–Crippen LogP) is 3.77. The molecule has 1 aromatic rings. The van der Waals surface area contributed by atoms with Crippen molar-refractivity contribution in [2.75, 3.05) is 85.5 Å². The van der Waals surface area contributed by atoms with Gasteiger partial charge in [0.2, 0.25) is 35.4 Å². The normalized spacial score (nSPS) is 17.8. The van der Waals surface area contributed by atoms with Gasteiger partial charge in [-0.1, -0.05) is 94.7 Å². The molecule has 73 heavy (non-hydrogen) atoms. The number of amides is 8. The van der Waals surface area contributed by atoms with Gasteiger partial charge < -0.3 is 40.4 Å². The molecule has 0 bridgehead atoms. The van der Waals surface area contributed by atoms with Crippen molar-refractivity contribution in [1.29, 1.82) is 0 Å². The van der Waals surface area contributed by atoms with Crippen LogP contribution in [0.1, 0.15) is 156 Å². The summed E-state index contributed by atoms with van der Waals surface area (Å²) in [6, 6.07) is 6.67. The molecule has 0 aromatic heterocycles. The number of carbonyl (C=O) groups excluding carboxylic acids is 8. The Morgan fingerprint density at radius 3 is 1.45 bits per heavy atom. The monoisotopic (exact) mass is 1030 g/mol. The summed E-state index contributed by atoms with van der Waals surface area (Å²) in [7, 11) is 0. The van der Waals surface area contributed by atoms with E-state index < -0.39 is 0 Å². The molecule has 6 N–H and O–H groups in total. The van der Waals surface area contributed by atoms with Gasteiger partial charge in [0, 0.05) is 51.9 Å². The molecule has 410 valence electrons. The van der Waals surface area contributed by atoms with Crippen LogP contribution in [0.15, 0.2) is 48.6 Å². The molecule has 0 spiro atoms. The van der Waals surface area contributed by atoms with Crippen molar-refractivity contribution in [3.63, 3.8) is 0 Å². The lowest BCUT2D eigenvalue weighted by molar-refractivity contribution is -0.141. The maximum absolute atomic E-state index is 12.0. The lowest BCUT2D eigenvalue weighted by Crippen LogP contribution is -2.35. The first-order chi connectivity index (χ1) is 35.4. The van der Waals surface area contributed by atoms with E-state index in [1.165, 1.54) is 75.5 Å². The summed E-state index contributed by atoms with van der Waals surface area (Å²) in [5.74, 6) is -1.30. The SMILES string of the molecule is CCCCCCCC/C=C\CCCCCCCC(=O)N(CCO)CCO.O=C1C2CC=CCC2C(=O)N1CCO.O=C1CCC(=O)N1CCO.O=C1CCCN1CCO.O=C1c2ccccc2C(=O)N1CCO. The largest absolute Gasteiger partial charge is 0.395 e. The summed E-state index contributed by atoms with van der Waals surface area (Å²) in [4.78, 5) is 97.4. The zero-order chi connectivity index (χ0) is 53.8. The van der Waals surface area contributed by atoms with Crippen molar-refractivity contribution in [2.45, 2.75) is 135 Å². The minimum Gasteiger partial charge on any atom is -0.395 e. The highest BCUT2D eigenvalue weighted by atomic mass is 16.3. The number of imide groups is 3. The van der Waals surface area contributed by atoms with Crippen LogP contribution in [-0.4, -0.2) is 188 Å². The lowest BCUT2D eigenvalue weighted by Gasteiger charge is -2.20. The number of allylic oxidation sites excluding steroid dienone is 4. The number of β-amino-alcohol motifs (C(OH)–C–C–N with tert-alkyl or cyclic N) is 4. The lowest BCUT2D eigenvalue weighted by atomic mass is 9.85. The van der Waals surface area contributed by atoms with E-state index >= 15 is 0 Å². The van der Waals surface area contributed by atoms with E-state index in [0.29, 0.717) is 69.3 Å². The second-order valence-corrected chi connectivity index (χ2v) is 18.3. The second-order valence-electron chi connectivity index (χ2n) is 18.3. The Bertz CT molecular complexity index is 1830. The predicted molar refractivity (Wildman–Crippen MR) is 274 cm³/mol. The number of carbonyl (C=O) groups is 8. The first-order valence-electron chi connectivity index (χ1n) is 26.5. The molecule has 6 rings (SSSR count). The van der Waals surface area contributed by atoms with Gasteiger partial charge in [-0.2, -0.15) is 0 Å².